The van der Waals surface area contributed by atoms with Crippen LogP contribution in [0.2, 0.25) is 0 Å². The van der Waals surface area contributed by atoms with Crippen LogP contribution in [0.4, 0.5) is 4.39 Å². The summed E-state index contributed by atoms with van der Waals surface area (Å²) in [6, 6.07) is 10.7. The third-order valence-corrected chi connectivity index (χ3v) is 6.67. The summed E-state index contributed by atoms with van der Waals surface area (Å²) in [5.41, 5.74) is 0.869. The van der Waals surface area contributed by atoms with Gasteiger partial charge in [0, 0.05) is 30.8 Å². The van der Waals surface area contributed by atoms with Gasteiger partial charge in [-0.25, -0.2) is 12.8 Å². The number of halogens is 1. The van der Waals surface area contributed by atoms with Crippen molar-refractivity contribution in [2.75, 3.05) is 20.2 Å². The number of para-hydroxylation sites is 1. The predicted molar refractivity (Wildman–Crippen MR) is 103 cm³/mol. The number of amides is 1. The molecule has 0 saturated carbocycles. The van der Waals surface area contributed by atoms with Gasteiger partial charge in [-0.3, -0.25) is 4.79 Å². The molecule has 8 heteroatoms. The molecule has 2 aromatic carbocycles. The van der Waals surface area contributed by atoms with Crippen LogP contribution in [0.3, 0.4) is 0 Å². The number of sulfonamides is 1. The molecule has 1 heterocycles. The van der Waals surface area contributed by atoms with Crippen molar-refractivity contribution in [1.82, 2.24) is 9.62 Å². The van der Waals surface area contributed by atoms with E-state index in [1.807, 2.05) is 18.2 Å². The van der Waals surface area contributed by atoms with Crippen molar-refractivity contribution in [1.29, 1.82) is 0 Å². The molecule has 28 heavy (non-hydrogen) atoms. The Morgan fingerprint density at radius 2 is 1.86 bits per heavy atom. The molecule has 0 bridgehead atoms. The lowest BCUT2D eigenvalue weighted by Gasteiger charge is -2.26. The summed E-state index contributed by atoms with van der Waals surface area (Å²) in [6.45, 7) is 0.937. The average molecular weight is 406 g/mol. The molecule has 3 rings (SSSR count). The Balaban J connectivity index is 1.79. The van der Waals surface area contributed by atoms with Crippen molar-refractivity contribution in [2.24, 2.45) is 0 Å². The number of rotatable bonds is 6. The van der Waals surface area contributed by atoms with Gasteiger partial charge in [0.05, 0.1) is 7.11 Å². The number of hydrogen-bond donors (Lipinski definition) is 1. The Morgan fingerprint density at radius 3 is 2.57 bits per heavy atom. The van der Waals surface area contributed by atoms with Gasteiger partial charge < -0.3 is 10.1 Å². The summed E-state index contributed by atoms with van der Waals surface area (Å²) in [6.07, 6.45) is 2.46. The first-order chi connectivity index (χ1) is 13.4. The van der Waals surface area contributed by atoms with Gasteiger partial charge in [-0.15, -0.1) is 0 Å². The first-order valence-electron chi connectivity index (χ1n) is 9.13. The molecule has 2 aromatic rings. The van der Waals surface area contributed by atoms with Crippen molar-refractivity contribution < 1.29 is 22.3 Å². The highest BCUT2D eigenvalue weighted by molar-refractivity contribution is 7.89. The van der Waals surface area contributed by atoms with Crippen LogP contribution in [0, 0.1) is 5.82 Å². The molecule has 0 radical (unpaired) electrons. The number of nitrogens with zero attached hydrogens (tertiary/aromatic N) is 1. The van der Waals surface area contributed by atoms with Gasteiger partial charge in [0.1, 0.15) is 16.5 Å². The maximum Gasteiger partial charge on any atom is 0.251 e. The van der Waals surface area contributed by atoms with Crippen LogP contribution in [-0.2, 0) is 16.6 Å². The quantitative estimate of drug-likeness (QED) is 0.800. The number of nitrogens with one attached hydrogen (secondary N) is 1. The summed E-state index contributed by atoms with van der Waals surface area (Å²) >= 11 is 0. The average Bonchev–Trinajstić information content (AvgIpc) is 2.73. The van der Waals surface area contributed by atoms with Gasteiger partial charge in [0.15, 0.2) is 0 Å². The monoisotopic (exact) mass is 406 g/mol. The fourth-order valence-electron chi connectivity index (χ4n) is 3.21. The van der Waals surface area contributed by atoms with Gasteiger partial charge in [0.25, 0.3) is 5.91 Å². The van der Waals surface area contributed by atoms with E-state index in [9.17, 15) is 17.6 Å². The molecule has 0 aliphatic carbocycles. The number of carbonyl (C=O) groups is 1. The van der Waals surface area contributed by atoms with E-state index >= 15 is 0 Å². The second kappa shape index (κ2) is 8.70. The Bertz CT molecular complexity index is 956. The Morgan fingerprint density at radius 1 is 1.14 bits per heavy atom. The Labute approximate surface area is 164 Å². The van der Waals surface area contributed by atoms with Gasteiger partial charge in [-0.1, -0.05) is 24.6 Å². The highest BCUT2D eigenvalue weighted by Gasteiger charge is 2.29. The van der Waals surface area contributed by atoms with Crippen LogP contribution in [0.1, 0.15) is 35.2 Å². The molecule has 1 fully saturated rings. The van der Waals surface area contributed by atoms with Crippen molar-refractivity contribution in [3.05, 3.63) is 59.4 Å². The minimum absolute atomic E-state index is 0.0897. The minimum atomic E-state index is -3.97. The van der Waals surface area contributed by atoms with Crippen molar-refractivity contribution in [2.45, 2.75) is 30.7 Å². The molecule has 1 aliphatic rings. The van der Waals surface area contributed by atoms with Gasteiger partial charge in [-0.05, 0) is 37.1 Å². The first-order valence-corrected chi connectivity index (χ1v) is 10.6. The zero-order valence-electron chi connectivity index (χ0n) is 15.7. The minimum Gasteiger partial charge on any atom is -0.496 e. The summed E-state index contributed by atoms with van der Waals surface area (Å²) in [5.74, 6) is -0.705. The van der Waals surface area contributed by atoms with Crippen molar-refractivity contribution in [3.63, 3.8) is 0 Å². The third kappa shape index (κ3) is 4.34. The fraction of sp³-hybridized carbons (Fsp3) is 0.350. The molecule has 6 nitrogen and oxygen atoms in total. The smallest absolute Gasteiger partial charge is 0.251 e. The fourth-order valence-corrected chi connectivity index (χ4v) is 4.82. The van der Waals surface area contributed by atoms with Gasteiger partial charge in [0.2, 0.25) is 10.0 Å². The molecular weight excluding hydrogens is 383 g/mol. The Hall–Kier alpha value is -2.45. The summed E-state index contributed by atoms with van der Waals surface area (Å²) in [5, 5.41) is 2.72. The molecule has 1 N–H and O–H groups in total. The Kier molecular flexibility index (Phi) is 6.31. The molecule has 0 atom stereocenters. The summed E-state index contributed by atoms with van der Waals surface area (Å²) in [7, 11) is -2.43. The lowest BCUT2D eigenvalue weighted by molar-refractivity contribution is 0.0950. The third-order valence-electron chi connectivity index (χ3n) is 4.76. The van der Waals surface area contributed by atoms with Gasteiger partial charge in [-0.2, -0.15) is 4.31 Å². The van der Waals surface area contributed by atoms with Crippen LogP contribution < -0.4 is 10.1 Å². The molecule has 150 valence electrons. The van der Waals surface area contributed by atoms with E-state index in [4.69, 9.17) is 4.74 Å². The number of piperidine rings is 1. The predicted octanol–water partition coefficient (Wildman–Crippen LogP) is 2.94. The maximum absolute atomic E-state index is 14.3. The van der Waals surface area contributed by atoms with E-state index in [1.54, 1.807) is 13.2 Å². The molecule has 1 aliphatic heterocycles. The van der Waals surface area contributed by atoms with Gasteiger partial charge >= 0.3 is 0 Å². The standard InChI is InChI=1S/C20H23FN2O4S/c1-27-18-8-4-3-7-16(18)14-22-20(24)15-9-10-17(21)19(13-15)28(25,26)23-11-5-2-6-12-23/h3-4,7-10,13H,2,5-6,11-12,14H2,1H3,(H,22,24). The zero-order valence-corrected chi connectivity index (χ0v) is 16.5. The summed E-state index contributed by atoms with van der Waals surface area (Å²) < 4.78 is 46.4. The van der Waals surface area contributed by atoms with E-state index in [0.717, 1.165) is 37.0 Å². The number of methoxy groups -OCH3 is 1. The topological polar surface area (TPSA) is 75.7 Å². The molecule has 1 saturated heterocycles. The SMILES string of the molecule is COc1ccccc1CNC(=O)c1ccc(F)c(S(=O)(=O)N2CCCCC2)c1. The number of carbonyl (C=O) groups excluding carboxylic acids is 1. The van der Waals surface area contributed by atoms with E-state index in [1.165, 1.54) is 10.4 Å². The van der Waals surface area contributed by atoms with Crippen molar-refractivity contribution in [3.8, 4) is 5.75 Å². The second-order valence-electron chi connectivity index (χ2n) is 6.60. The van der Waals surface area contributed by atoms with E-state index in [-0.39, 0.29) is 12.1 Å². The zero-order chi connectivity index (χ0) is 20.1. The van der Waals surface area contributed by atoms with E-state index in [2.05, 4.69) is 5.32 Å². The number of hydrogen-bond acceptors (Lipinski definition) is 4. The highest BCUT2D eigenvalue weighted by atomic mass is 32.2. The first kappa shape index (κ1) is 20.3. The largest absolute Gasteiger partial charge is 0.496 e. The number of ether oxygens (including phenoxy) is 1. The van der Waals surface area contributed by atoms with Crippen LogP contribution in [0.25, 0.3) is 0 Å². The summed E-state index contributed by atoms with van der Waals surface area (Å²) in [4.78, 5) is 12.0. The van der Waals surface area contributed by atoms with Crippen molar-refractivity contribution >= 4 is 15.9 Å². The molecule has 1 amide bonds. The molecule has 0 unspecified atom stereocenters. The lowest BCUT2D eigenvalue weighted by Crippen LogP contribution is -2.36. The lowest BCUT2D eigenvalue weighted by atomic mass is 10.1. The van der Waals surface area contributed by atoms with E-state index in [0.29, 0.717) is 18.8 Å². The second-order valence-corrected chi connectivity index (χ2v) is 8.51. The number of benzene rings is 2. The van der Waals surface area contributed by atoms with Crippen LogP contribution in [0.5, 0.6) is 5.75 Å². The molecule has 0 aromatic heterocycles. The normalized spacial score (nSPS) is 15.2. The molecular formula is C20H23FN2O4S. The molecule has 0 spiro atoms. The van der Waals surface area contributed by atoms with E-state index < -0.39 is 26.6 Å². The maximum atomic E-state index is 14.3. The van der Waals surface area contributed by atoms with Crippen LogP contribution in [-0.4, -0.2) is 38.8 Å². The van der Waals surface area contributed by atoms with Crippen LogP contribution in [0.15, 0.2) is 47.4 Å². The highest BCUT2D eigenvalue weighted by Crippen LogP contribution is 2.24. The van der Waals surface area contributed by atoms with Crippen LogP contribution >= 0.6 is 0 Å².